The largest absolute Gasteiger partial charge is 0.493 e. The molecule has 8 heteroatoms. The van der Waals surface area contributed by atoms with Gasteiger partial charge in [0.25, 0.3) is 11.8 Å². The summed E-state index contributed by atoms with van der Waals surface area (Å²) in [7, 11) is 1.46. The number of nitrogens with zero attached hydrogens (tertiary/aromatic N) is 2. The molecule has 1 heterocycles. The number of carbonyl (C=O) groups excluding carboxylic acids is 2. The van der Waals surface area contributed by atoms with Gasteiger partial charge >= 0.3 is 0 Å². The molecule has 0 saturated heterocycles. The Bertz CT molecular complexity index is 676. The van der Waals surface area contributed by atoms with Crippen molar-refractivity contribution in [1.82, 2.24) is 9.97 Å². The van der Waals surface area contributed by atoms with Gasteiger partial charge in [-0.3, -0.25) is 14.6 Å². The van der Waals surface area contributed by atoms with E-state index >= 15 is 0 Å². The number of benzene rings is 1. The molecule has 1 aromatic carbocycles. The molecule has 0 saturated carbocycles. The lowest BCUT2D eigenvalue weighted by molar-refractivity contribution is -0.119. The Morgan fingerprint density at radius 3 is 2.73 bits per heavy atom. The normalized spacial score (nSPS) is 9.86. The monoisotopic (exact) mass is 302 g/mol. The number of nitrogens with one attached hydrogen (secondary N) is 1. The van der Waals surface area contributed by atoms with E-state index in [4.69, 9.17) is 15.2 Å². The van der Waals surface area contributed by atoms with Crippen molar-refractivity contribution in [2.75, 3.05) is 19.0 Å². The van der Waals surface area contributed by atoms with Gasteiger partial charge < -0.3 is 20.5 Å². The SMILES string of the molecule is COc1ccc(NC(=O)c2cnccn2)cc1OCC(N)=O. The maximum Gasteiger partial charge on any atom is 0.275 e. The highest BCUT2D eigenvalue weighted by Gasteiger charge is 2.11. The minimum atomic E-state index is -0.615. The quantitative estimate of drug-likeness (QED) is 0.807. The topological polar surface area (TPSA) is 116 Å². The van der Waals surface area contributed by atoms with Crippen LogP contribution in [0.4, 0.5) is 5.69 Å². The average molecular weight is 302 g/mol. The maximum absolute atomic E-state index is 12.0. The lowest BCUT2D eigenvalue weighted by atomic mass is 10.2. The highest BCUT2D eigenvalue weighted by atomic mass is 16.5. The first-order chi connectivity index (χ1) is 10.6. The standard InChI is InChI=1S/C14H14N4O4/c1-21-11-3-2-9(6-12(11)22-8-13(15)19)18-14(20)10-7-16-4-5-17-10/h2-7H,8H2,1H3,(H2,15,19)(H,18,20). The van der Waals surface area contributed by atoms with E-state index in [0.717, 1.165) is 0 Å². The van der Waals surface area contributed by atoms with Crippen LogP contribution in [-0.2, 0) is 4.79 Å². The summed E-state index contributed by atoms with van der Waals surface area (Å²) in [6, 6.07) is 4.75. The smallest absolute Gasteiger partial charge is 0.275 e. The molecule has 22 heavy (non-hydrogen) atoms. The van der Waals surface area contributed by atoms with Crippen molar-refractivity contribution in [2.45, 2.75) is 0 Å². The second-order valence-electron chi connectivity index (χ2n) is 4.17. The predicted octanol–water partition coefficient (Wildman–Crippen LogP) is 0.602. The zero-order valence-electron chi connectivity index (χ0n) is 11.8. The molecule has 0 atom stereocenters. The molecular formula is C14H14N4O4. The third-order valence-corrected chi connectivity index (χ3v) is 2.59. The van der Waals surface area contributed by atoms with Gasteiger partial charge in [0.05, 0.1) is 13.3 Å². The highest BCUT2D eigenvalue weighted by molar-refractivity contribution is 6.02. The van der Waals surface area contributed by atoms with Gasteiger partial charge in [-0.15, -0.1) is 0 Å². The first-order valence-electron chi connectivity index (χ1n) is 6.26. The van der Waals surface area contributed by atoms with Gasteiger partial charge in [0.1, 0.15) is 5.69 Å². The molecule has 3 N–H and O–H groups in total. The first kappa shape index (κ1) is 15.2. The summed E-state index contributed by atoms with van der Waals surface area (Å²) in [5.41, 5.74) is 5.67. The van der Waals surface area contributed by atoms with Gasteiger partial charge in [0, 0.05) is 24.1 Å². The number of ether oxygens (including phenoxy) is 2. The van der Waals surface area contributed by atoms with Crippen molar-refractivity contribution < 1.29 is 19.1 Å². The fraction of sp³-hybridized carbons (Fsp3) is 0.143. The number of primary amides is 1. The Labute approximate surface area is 126 Å². The lowest BCUT2D eigenvalue weighted by Gasteiger charge is -2.11. The van der Waals surface area contributed by atoms with E-state index in [2.05, 4.69) is 15.3 Å². The molecule has 2 amide bonds. The molecule has 0 aliphatic rings. The zero-order chi connectivity index (χ0) is 15.9. The van der Waals surface area contributed by atoms with Crippen molar-refractivity contribution in [3.63, 3.8) is 0 Å². The third-order valence-electron chi connectivity index (χ3n) is 2.59. The molecule has 0 unspecified atom stereocenters. The second-order valence-corrected chi connectivity index (χ2v) is 4.17. The van der Waals surface area contributed by atoms with Crippen LogP contribution in [0.2, 0.25) is 0 Å². The van der Waals surface area contributed by atoms with Crippen molar-refractivity contribution in [3.8, 4) is 11.5 Å². The van der Waals surface area contributed by atoms with Gasteiger partial charge in [0.2, 0.25) is 0 Å². The van der Waals surface area contributed by atoms with E-state index in [1.807, 2.05) is 0 Å². The number of carbonyl (C=O) groups is 2. The molecule has 0 radical (unpaired) electrons. The van der Waals surface area contributed by atoms with Crippen LogP contribution in [0.25, 0.3) is 0 Å². The molecule has 0 aliphatic heterocycles. The van der Waals surface area contributed by atoms with E-state index in [-0.39, 0.29) is 12.3 Å². The fourth-order valence-electron chi connectivity index (χ4n) is 1.63. The van der Waals surface area contributed by atoms with E-state index in [0.29, 0.717) is 17.2 Å². The molecule has 0 bridgehead atoms. The van der Waals surface area contributed by atoms with Gasteiger partial charge in [-0.25, -0.2) is 4.98 Å². The van der Waals surface area contributed by atoms with Crippen LogP contribution in [0.5, 0.6) is 11.5 Å². The van der Waals surface area contributed by atoms with Crippen molar-refractivity contribution in [3.05, 3.63) is 42.5 Å². The summed E-state index contributed by atoms with van der Waals surface area (Å²) in [4.78, 5) is 30.5. The number of hydrogen-bond donors (Lipinski definition) is 2. The second kappa shape index (κ2) is 7.02. The first-order valence-corrected chi connectivity index (χ1v) is 6.26. The number of hydrogen-bond acceptors (Lipinski definition) is 6. The van der Waals surface area contributed by atoms with Crippen LogP contribution in [0, 0.1) is 0 Å². The third kappa shape index (κ3) is 3.92. The van der Waals surface area contributed by atoms with Crippen LogP contribution in [0.3, 0.4) is 0 Å². The molecule has 8 nitrogen and oxygen atoms in total. The van der Waals surface area contributed by atoms with E-state index < -0.39 is 11.8 Å². The Balaban J connectivity index is 2.16. The summed E-state index contributed by atoms with van der Waals surface area (Å²) in [6.07, 6.45) is 4.24. The summed E-state index contributed by atoms with van der Waals surface area (Å²) in [5, 5.41) is 2.64. The number of anilines is 1. The van der Waals surface area contributed by atoms with Crippen molar-refractivity contribution in [1.29, 1.82) is 0 Å². The van der Waals surface area contributed by atoms with E-state index in [1.54, 1.807) is 12.1 Å². The molecule has 114 valence electrons. The predicted molar refractivity (Wildman–Crippen MR) is 77.7 cm³/mol. The summed E-state index contributed by atoms with van der Waals surface area (Å²) in [6.45, 7) is -0.294. The van der Waals surface area contributed by atoms with Gasteiger partial charge in [-0.2, -0.15) is 0 Å². The number of nitrogens with two attached hydrogens (primary N) is 1. The number of methoxy groups -OCH3 is 1. The average Bonchev–Trinajstić information content (AvgIpc) is 2.54. The lowest BCUT2D eigenvalue weighted by Crippen LogP contribution is -2.20. The number of rotatable bonds is 6. The molecule has 1 aromatic heterocycles. The minimum absolute atomic E-state index is 0.179. The van der Waals surface area contributed by atoms with Crippen molar-refractivity contribution >= 4 is 17.5 Å². The van der Waals surface area contributed by atoms with Gasteiger partial charge in [-0.05, 0) is 12.1 Å². The molecule has 0 spiro atoms. The van der Waals surface area contributed by atoms with E-state index in [9.17, 15) is 9.59 Å². The molecule has 0 aliphatic carbocycles. The Kier molecular flexibility index (Phi) is 4.86. The zero-order valence-corrected chi connectivity index (χ0v) is 11.8. The summed E-state index contributed by atoms with van der Waals surface area (Å²) < 4.78 is 10.3. The summed E-state index contributed by atoms with van der Waals surface area (Å²) >= 11 is 0. The Hall–Kier alpha value is -3.16. The van der Waals surface area contributed by atoms with Crippen LogP contribution in [0.15, 0.2) is 36.8 Å². The highest BCUT2D eigenvalue weighted by Crippen LogP contribution is 2.30. The molecule has 2 aromatic rings. The number of aromatic nitrogens is 2. The Morgan fingerprint density at radius 1 is 1.27 bits per heavy atom. The maximum atomic E-state index is 12.0. The van der Waals surface area contributed by atoms with Crippen LogP contribution in [0.1, 0.15) is 10.5 Å². The van der Waals surface area contributed by atoms with Crippen LogP contribution >= 0.6 is 0 Å². The molecule has 0 fully saturated rings. The van der Waals surface area contributed by atoms with Crippen molar-refractivity contribution in [2.24, 2.45) is 5.73 Å². The van der Waals surface area contributed by atoms with Crippen LogP contribution in [-0.4, -0.2) is 35.5 Å². The van der Waals surface area contributed by atoms with Crippen LogP contribution < -0.4 is 20.5 Å². The Morgan fingerprint density at radius 2 is 2.09 bits per heavy atom. The fourth-order valence-corrected chi connectivity index (χ4v) is 1.63. The number of amides is 2. The molecular weight excluding hydrogens is 288 g/mol. The molecule has 2 rings (SSSR count). The van der Waals surface area contributed by atoms with Gasteiger partial charge in [0.15, 0.2) is 18.1 Å². The van der Waals surface area contributed by atoms with E-state index in [1.165, 1.54) is 31.8 Å². The van der Waals surface area contributed by atoms with Gasteiger partial charge in [-0.1, -0.05) is 0 Å². The minimum Gasteiger partial charge on any atom is -0.493 e. The summed E-state index contributed by atoms with van der Waals surface area (Å²) in [5.74, 6) is -0.327.